The van der Waals surface area contributed by atoms with Crippen LogP contribution < -0.4 is 29.3 Å². The summed E-state index contributed by atoms with van der Waals surface area (Å²) in [6, 6.07) is 0.803. The molecule has 1 unspecified atom stereocenters. The Morgan fingerprint density at radius 3 is 1.11 bits per heavy atom. The van der Waals surface area contributed by atoms with Crippen molar-refractivity contribution in [2.24, 2.45) is 0 Å². The molecule has 0 aliphatic heterocycles. The highest BCUT2D eigenvalue weighted by molar-refractivity contribution is 4.60. The van der Waals surface area contributed by atoms with Gasteiger partial charge in [-0.2, -0.15) is 0 Å². The second-order valence-corrected chi connectivity index (χ2v) is 12.4. The number of unbranched alkanes of at least 4 members (excludes halogenated alkanes) is 22. The molecule has 0 aromatic rings. The number of quaternary nitrogens is 1. The van der Waals surface area contributed by atoms with Gasteiger partial charge in [-0.3, -0.25) is 4.90 Å². The fourth-order valence-corrected chi connectivity index (χ4v) is 5.71. The van der Waals surface area contributed by atoms with Crippen LogP contribution in [0.2, 0.25) is 0 Å². The van der Waals surface area contributed by atoms with Crippen LogP contribution in [0.3, 0.4) is 0 Å². The van der Waals surface area contributed by atoms with Gasteiger partial charge in [-0.15, -0.1) is 0 Å². The van der Waals surface area contributed by atoms with Crippen LogP contribution in [0.1, 0.15) is 195 Å². The highest BCUT2D eigenvalue weighted by Crippen LogP contribution is 2.12. The van der Waals surface area contributed by atoms with Crippen LogP contribution >= 0.6 is 0 Å². The van der Waals surface area contributed by atoms with E-state index < -0.39 is 0 Å². The number of hydrogen-bond donors (Lipinski definition) is 1. The van der Waals surface area contributed by atoms with E-state index in [4.69, 9.17) is 0 Å². The summed E-state index contributed by atoms with van der Waals surface area (Å²) >= 11 is 0. The van der Waals surface area contributed by atoms with E-state index in [1.54, 1.807) is 0 Å². The predicted molar refractivity (Wildman–Crippen MR) is 170 cm³/mol. The maximum atomic E-state index is 2.82. The Morgan fingerprint density at radius 2 is 0.737 bits per heavy atom. The zero-order valence-corrected chi connectivity index (χ0v) is 29.4. The van der Waals surface area contributed by atoms with Crippen molar-refractivity contribution in [3.05, 3.63) is 0 Å². The average Bonchev–Trinajstić information content (AvgIpc) is 2.90. The van der Waals surface area contributed by atoms with Gasteiger partial charge in [0.2, 0.25) is 0 Å². The normalized spacial score (nSPS) is 12.2. The van der Waals surface area contributed by atoms with Crippen molar-refractivity contribution in [2.45, 2.75) is 201 Å². The fraction of sp³-hybridized carbons (Fsp3) is 1.00. The first kappa shape index (κ1) is 40.8. The molecule has 0 rings (SSSR count). The van der Waals surface area contributed by atoms with Crippen LogP contribution in [0.5, 0.6) is 0 Å². The minimum absolute atomic E-state index is 0. The molecule has 0 saturated carbocycles. The van der Waals surface area contributed by atoms with Crippen molar-refractivity contribution in [1.82, 2.24) is 4.90 Å². The zero-order valence-electron chi connectivity index (χ0n) is 27.2. The van der Waals surface area contributed by atoms with Gasteiger partial charge in [-0.25, -0.2) is 0 Å². The molecule has 0 fully saturated rings. The topological polar surface area (TPSA) is 19.9 Å². The first-order valence-corrected chi connectivity index (χ1v) is 17.8. The summed E-state index contributed by atoms with van der Waals surface area (Å²) in [6.45, 7) is 14.7. The van der Waals surface area contributed by atoms with Crippen molar-refractivity contribution in [1.29, 1.82) is 0 Å². The van der Waals surface area contributed by atoms with E-state index in [1.165, 1.54) is 193 Å². The Labute approximate surface area is 260 Å². The Hall–Kier alpha value is 0.650. The lowest BCUT2D eigenvalue weighted by molar-refractivity contribution is -0.686. The van der Waals surface area contributed by atoms with Crippen LogP contribution in [-0.2, 0) is 0 Å². The van der Waals surface area contributed by atoms with E-state index >= 15 is 0 Å². The van der Waals surface area contributed by atoms with Crippen molar-refractivity contribution in [3.8, 4) is 0 Å². The Bertz CT molecular complexity index is 383. The molecule has 0 aromatic carbocycles. The first-order chi connectivity index (χ1) is 18.2. The molecule has 232 valence electrons. The molecule has 0 aliphatic rings. The second kappa shape index (κ2) is 35.7. The quantitative estimate of drug-likeness (QED) is 0.0593. The predicted octanol–water partition coefficient (Wildman–Crippen LogP) is 7.45. The number of nitrogens with two attached hydrogens (primary N) is 1. The molecule has 1 atom stereocenters. The van der Waals surface area contributed by atoms with E-state index in [-0.39, 0.29) is 24.0 Å². The molecule has 2 N–H and O–H groups in total. The van der Waals surface area contributed by atoms with Gasteiger partial charge in [-0.05, 0) is 45.7 Å². The minimum Gasteiger partial charge on any atom is -1.00 e. The SMILES string of the molecule is CCCCCCCCCCCC(C)[NH2+]CCN(CCCCCCCCCC)CCCCCCCCCC.[I-]. The van der Waals surface area contributed by atoms with Crippen LogP contribution in [-0.4, -0.2) is 37.1 Å². The van der Waals surface area contributed by atoms with Gasteiger partial charge in [0.25, 0.3) is 0 Å². The molecule has 3 heteroatoms. The molecule has 0 bridgehead atoms. The molecule has 0 saturated heterocycles. The minimum atomic E-state index is 0. The average molecular weight is 651 g/mol. The lowest BCUT2D eigenvalue weighted by atomic mass is 10.0. The molecule has 0 aromatic heterocycles. The van der Waals surface area contributed by atoms with Gasteiger partial charge in [0.05, 0.1) is 12.6 Å². The summed E-state index contributed by atoms with van der Waals surface area (Å²) in [6.07, 6.45) is 37.4. The molecule has 0 aliphatic carbocycles. The lowest BCUT2D eigenvalue weighted by Gasteiger charge is -2.22. The van der Waals surface area contributed by atoms with Crippen molar-refractivity contribution >= 4 is 0 Å². The number of rotatable bonds is 32. The highest BCUT2D eigenvalue weighted by Gasteiger charge is 2.09. The zero-order chi connectivity index (χ0) is 27.1. The number of halogens is 1. The standard InChI is InChI=1S/C35H74N2.HI/c1-5-8-11-14-17-20-21-24-27-30-35(4)36-31-34-37(32-28-25-22-18-15-12-9-6-2)33-29-26-23-19-16-13-10-7-3;/h35-36H,5-34H2,1-4H3;1H. The Morgan fingerprint density at radius 1 is 0.421 bits per heavy atom. The van der Waals surface area contributed by atoms with Crippen molar-refractivity contribution < 1.29 is 29.3 Å². The third kappa shape index (κ3) is 32.9. The second-order valence-electron chi connectivity index (χ2n) is 12.4. The molecule has 0 amide bonds. The van der Waals surface area contributed by atoms with Crippen molar-refractivity contribution in [2.75, 3.05) is 26.2 Å². The van der Waals surface area contributed by atoms with Gasteiger partial charge in [0, 0.05) is 6.54 Å². The molecule has 38 heavy (non-hydrogen) atoms. The largest absolute Gasteiger partial charge is 1.00 e. The molecule has 0 radical (unpaired) electrons. The molecular weight excluding hydrogens is 575 g/mol. The van der Waals surface area contributed by atoms with Crippen LogP contribution in [0, 0.1) is 0 Å². The molecular formula is C35H75IN2. The summed E-state index contributed by atoms with van der Waals surface area (Å²) in [5.74, 6) is 0. The van der Waals surface area contributed by atoms with Crippen LogP contribution in [0.4, 0.5) is 0 Å². The fourth-order valence-electron chi connectivity index (χ4n) is 5.71. The van der Waals surface area contributed by atoms with Crippen molar-refractivity contribution in [3.63, 3.8) is 0 Å². The smallest absolute Gasteiger partial charge is 0.0886 e. The number of nitrogens with zero attached hydrogens (tertiary/aromatic N) is 1. The third-order valence-electron chi connectivity index (χ3n) is 8.43. The number of hydrogen-bond acceptors (Lipinski definition) is 1. The summed E-state index contributed by atoms with van der Waals surface area (Å²) in [7, 11) is 0. The van der Waals surface area contributed by atoms with Crippen LogP contribution in [0.15, 0.2) is 0 Å². The van der Waals surface area contributed by atoms with Gasteiger partial charge in [0.1, 0.15) is 0 Å². The maximum Gasteiger partial charge on any atom is 0.0886 e. The summed E-state index contributed by atoms with van der Waals surface area (Å²) in [5, 5.41) is 2.65. The molecule has 0 heterocycles. The lowest BCUT2D eigenvalue weighted by Crippen LogP contribution is -3.00. The van der Waals surface area contributed by atoms with Gasteiger partial charge < -0.3 is 29.3 Å². The summed E-state index contributed by atoms with van der Waals surface area (Å²) in [4.78, 5) is 2.82. The van der Waals surface area contributed by atoms with E-state index in [0.29, 0.717) is 0 Å². The van der Waals surface area contributed by atoms with Gasteiger partial charge >= 0.3 is 0 Å². The van der Waals surface area contributed by atoms with Crippen LogP contribution in [0.25, 0.3) is 0 Å². The molecule has 0 spiro atoms. The monoisotopic (exact) mass is 650 g/mol. The van der Waals surface area contributed by atoms with E-state index in [0.717, 1.165) is 6.04 Å². The maximum absolute atomic E-state index is 2.82. The summed E-state index contributed by atoms with van der Waals surface area (Å²) in [5.41, 5.74) is 0. The summed E-state index contributed by atoms with van der Waals surface area (Å²) < 4.78 is 0. The Balaban J connectivity index is 0. The van der Waals surface area contributed by atoms with E-state index in [2.05, 4.69) is 37.9 Å². The van der Waals surface area contributed by atoms with Gasteiger partial charge in [0.15, 0.2) is 0 Å². The molecule has 2 nitrogen and oxygen atoms in total. The Kier molecular flexibility index (Phi) is 38.3. The first-order valence-electron chi connectivity index (χ1n) is 17.8. The third-order valence-corrected chi connectivity index (χ3v) is 8.43. The van der Waals surface area contributed by atoms with Gasteiger partial charge in [-0.1, -0.05) is 162 Å². The van der Waals surface area contributed by atoms with E-state index in [1.807, 2.05) is 0 Å². The van der Waals surface area contributed by atoms with E-state index in [9.17, 15) is 0 Å². The highest BCUT2D eigenvalue weighted by atomic mass is 127.